The van der Waals surface area contributed by atoms with Crippen LogP contribution in [0.4, 0.5) is 0 Å². The first-order chi connectivity index (χ1) is 15.4. The van der Waals surface area contributed by atoms with Gasteiger partial charge in [0.1, 0.15) is 6.61 Å². The fourth-order valence-electron chi connectivity index (χ4n) is 2.79. The van der Waals surface area contributed by atoms with Crippen LogP contribution in [-0.2, 0) is 19.1 Å². The van der Waals surface area contributed by atoms with Gasteiger partial charge in [0.2, 0.25) is 0 Å². The van der Waals surface area contributed by atoms with Crippen LogP contribution in [0.25, 0.3) is 0 Å². The number of ether oxygens (including phenoxy) is 2. The highest BCUT2D eigenvalue weighted by Crippen LogP contribution is 2.10. The zero-order valence-electron chi connectivity index (χ0n) is 19.7. The molecule has 0 aromatic heterocycles. The molecule has 0 rings (SSSR count). The van der Waals surface area contributed by atoms with Gasteiger partial charge in [-0.25, -0.2) is 0 Å². The summed E-state index contributed by atoms with van der Waals surface area (Å²) in [6.07, 6.45) is 17.2. The number of carbonyl (C=O) groups is 2. The second-order valence-electron chi connectivity index (χ2n) is 7.74. The lowest BCUT2D eigenvalue weighted by molar-refractivity contribution is -0.160. The number of unbranched alkanes of at least 4 members (excludes halogenated alkanes) is 3. The van der Waals surface area contributed by atoms with E-state index in [0.717, 1.165) is 19.3 Å². The van der Waals surface area contributed by atoms with E-state index in [4.69, 9.17) is 14.6 Å². The summed E-state index contributed by atoms with van der Waals surface area (Å²) in [6.45, 7) is 2.78. The largest absolute Gasteiger partial charge is 0.462 e. The molecule has 0 aromatic rings. The fraction of sp³-hybridized carbons (Fsp3) is 0.680. The molecule has 7 nitrogen and oxygen atoms in total. The Morgan fingerprint density at radius 1 is 0.906 bits per heavy atom. The smallest absolute Gasteiger partial charge is 0.306 e. The van der Waals surface area contributed by atoms with Crippen molar-refractivity contribution in [1.82, 2.24) is 0 Å². The van der Waals surface area contributed by atoms with E-state index in [2.05, 4.69) is 31.2 Å². The molecule has 3 N–H and O–H groups in total. The van der Waals surface area contributed by atoms with Crippen LogP contribution in [0.1, 0.15) is 78.1 Å². The Morgan fingerprint density at radius 2 is 1.56 bits per heavy atom. The minimum atomic E-state index is -0.935. The SMILES string of the molecule is CCCCC/C=C\C/C=C\C/C=C\CC(O)C(O)CCCC(=O)O[C@@H](CO)COC(C)=O. The summed E-state index contributed by atoms with van der Waals surface area (Å²) in [5, 5.41) is 29.2. The van der Waals surface area contributed by atoms with Crippen molar-refractivity contribution in [2.45, 2.75) is 96.4 Å². The fourth-order valence-corrected chi connectivity index (χ4v) is 2.79. The first-order valence-corrected chi connectivity index (χ1v) is 11.6. The van der Waals surface area contributed by atoms with Gasteiger partial charge in [0.15, 0.2) is 6.10 Å². The molecule has 0 spiro atoms. The Hall–Kier alpha value is -1.96. The lowest BCUT2D eigenvalue weighted by atomic mass is 10.0. The average molecular weight is 455 g/mol. The third-order valence-corrected chi connectivity index (χ3v) is 4.70. The van der Waals surface area contributed by atoms with Gasteiger partial charge < -0.3 is 24.8 Å². The van der Waals surface area contributed by atoms with Crippen molar-refractivity contribution in [3.05, 3.63) is 36.5 Å². The average Bonchev–Trinajstić information content (AvgIpc) is 2.76. The van der Waals surface area contributed by atoms with Gasteiger partial charge in [0, 0.05) is 13.3 Å². The van der Waals surface area contributed by atoms with E-state index in [9.17, 15) is 19.8 Å². The van der Waals surface area contributed by atoms with Gasteiger partial charge in [-0.1, -0.05) is 56.2 Å². The van der Waals surface area contributed by atoms with Crippen LogP contribution in [0, 0.1) is 0 Å². The van der Waals surface area contributed by atoms with Gasteiger partial charge in [-0.15, -0.1) is 0 Å². The highest BCUT2D eigenvalue weighted by molar-refractivity contribution is 5.69. The number of esters is 2. The number of allylic oxidation sites excluding steroid dienone is 5. The van der Waals surface area contributed by atoms with Crippen LogP contribution in [-0.4, -0.2) is 58.8 Å². The first kappa shape index (κ1) is 30.0. The van der Waals surface area contributed by atoms with Crippen LogP contribution in [0.15, 0.2) is 36.5 Å². The number of aliphatic hydroxyl groups is 3. The summed E-state index contributed by atoms with van der Waals surface area (Å²) in [4.78, 5) is 22.5. The van der Waals surface area contributed by atoms with Crippen LogP contribution in [0.2, 0.25) is 0 Å². The highest BCUT2D eigenvalue weighted by atomic mass is 16.6. The first-order valence-electron chi connectivity index (χ1n) is 11.6. The zero-order chi connectivity index (χ0) is 24.0. The lowest BCUT2D eigenvalue weighted by Gasteiger charge is -2.17. The standard InChI is InChI=1S/C25H42O7/c1-3-4-5-6-7-8-9-10-11-12-13-14-16-23(28)24(29)17-15-18-25(30)32-22(19-26)20-31-21(2)27/h7-8,10-11,13-14,22-24,26,28-29H,3-6,9,12,15-20H2,1-2H3/b8-7-,11-10-,14-13-/t22-,23?,24?/m0/s1. The van der Waals surface area contributed by atoms with E-state index in [1.54, 1.807) is 0 Å². The Bertz CT molecular complexity index is 569. The molecule has 7 heteroatoms. The maximum absolute atomic E-state index is 11.8. The molecule has 3 atom stereocenters. The molecule has 0 bridgehead atoms. The lowest BCUT2D eigenvalue weighted by Crippen LogP contribution is -2.28. The Labute approximate surface area is 192 Å². The molecule has 0 radical (unpaired) electrons. The molecule has 0 saturated carbocycles. The van der Waals surface area contributed by atoms with Crippen LogP contribution < -0.4 is 0 Å². The maximum atomic E-state index is 11.8. The number of rotatable bonds is 19. The van der Waals surface area contributed by atoms with Crippen LogP contribution in [0.5, 0.6) is 0 Å². The molecule has 2 unspecified atom stereocenters. The van der Waals surface area contributed by atoms with Crippen molar-refractivity contribution in [3.8, 4) is 0 Å². The number of hydrogen-bond acceptors (Lipinski definition) is 7. The van der Waals surface area contributed by atoms with Crippen LogP contribution >= 0.6 is 0 Å². The van der Waals surface area contributed by atoms with Crippen molar-refractivity contribution in [2.75, 3.05) is 13.2 Å². The minimum absolute atomic E-state index is 0.0357. The normalized spacial score (nSPS) is 14.8. The molecule has 0 amide bonds. The van der Waals surface area contributed by atoms with Gasteiger partial charge in [-0.3, -0.25) is 9.59 Å². The van der Waals surface area contributed by atoms with Crippen molar-refractivity contribution in [1.29, 1.82) is 0 Å². The summed E-state index contributed by atoms with van der Waals surface area (Å²) in [7, 11) is 0. The van der Waals surface area contributed by atoms with Gasteiger partial charge in [-0.05, 0) is 44.9 Å². The van der Waals surface area contributed by atoms with Crippen molar-refractivity contribution < 1.29 is 34.4 Å². The van der Waals surface area contributed by atoms with Crippen LogP contribution in [0.3, 0.4) is 0 Å². The quantitative estimate of drug-likeness (QED) is 0.155. The molecular formula is C25H42O7. The van der Waals surface area contributed by atoms with Gasteiger partial charge in [0.05, 0.1) is 18.8 Å². The van der Waals surface area contributed by atoms with Gasteiger partial charge in [0.25, 0.3) is 0 Å². The summed E-state index contributed by atoms with van der Waals surface area (Å²) in [6, 6.07) is 0. The molecule has 0 heterocycles. The molecule has 0 aliphatic heterocycles. The molecule has 0 fully saturated rings. The molecule has 0 aliphatic rings. The van der Waals surface area contributed by atoms with Gasteiger partial charge in [-0.2, -0.15) is 0 Å². The topological polar surface area (TPSA) is 113 Å². The molecular weight excluding hydrogens is 412 g/mol. The van der Waals surface area contributed by atoms with Gasteiger partial charge >= 0.3 is 11.9 Å². The van der Waals surface area contributed by atoms with E-state index >= 15 is 0 Å². The summed E-state index contributed by atoms with van der Waals surface area (Å²) < 4.78 is 9.71. The monoisotopic (exact) mass is 454 g/mol. The summed E-state index contributed by atoms with van der Waals surface area (Å²) in [5.74, 6) is -1.08. The highest BCUT2D eigenvalue weighted by Gasteiger charge is 2.18. The van der Waals surface area contributed by atoms with E-state index in [-0.39, 0.29) is 19.4 Å². The minimum Gasteiger partial charge on any atom is -0.462 e. The molecule has 0 aromatic carbocycles. The summed E-state index contributed by atoms with van der Waals surface area (Å²) >= 11 is 0. The Balaban J connectivity index is 3.90. The van der Waals surface area contributed by atoms with Crippen molar-refractivity contribution in [3.63, 3.8) is 0 Å². The molecule has 32 heavy (non-hydrogen) atoms. The Morgan fingerprint density at radius 3 is 2.19 bits per heavy atom. The second-order valence-corrected chi connectivity index (χ2v) is 7.74. The predicted molar refractivity (Wildman–Crippen MR) is 125 cm³/mol. The van der Waals surface area contributed by atoms with E-state index in [1.165, 1.54) is 26.2 Å². The summed E-state index contributed by atoms with van der Waals surface area (Å²) in [5.41, 5.74) is 0. The predicted octanol–water partition coefficient (Wildman–Crippen LogP) is 3.76. The molecule has 0 aliphatic carbocycles. The Kier molecular flexibility index (Phi) is 19.6. The van der Waals surface area contributed by atoms with Crippen molar-refractivity contribution >= 4 is 11.9 Å². The molecule has 0 saturated heterocycles. The number of aliphatic hydroxyl groups excluding tert-OH is 3. The van der Waals surface area contributed by atoms with E-state index in [0.29, 0.717) is 12.8 Å². The number of hydrogen-bond donors (Lipinski definition) is 3. The van der Waals surface area contributed by atoms with E-state index < -0.39 is 36.9 Å². The van der Waals surface area contributed by atoms with Crippen molar-refractivity contribution in [2.24, 2.45) is 0 Å². The second kappa shape index (κ2) is 20.9. The molecule has 184 valence electrons. The third-order valence-electron chi connectivity index (χ3n) is 4.70. The number of carbonyl (C=O) groups excluding carboxylic acids is 2. The maximum Gasteiger partial charge on any atom is 0.306 e. The van der Waals surface area contributed by atoms with E-state index in [1.807, 2.05) is 12.2 Å². The zero-order valence-corrected chi connectivity index (χ0v) is 19.7. The third kappa shape index (κ3) is 18.8.